The Morgan fingerprint density at radius 1 is 0.710 bits per heavy atom. The number of methoxy groups -OCH3 is 5. The molecule has 0 spiro atoms. The molecule has 0 saturated carbocycles. The summed E-state index contributed by atoms with van der Waals surface area (Å²) >= 11 is 0. The van der Waals surface area contributed by atoms with E-state index in [1.807, 2.05) is 0 Å². The van der Waals surface area contributed by atoms with Crippen LogP contribution in [0, 0.1) is 0 Å². The number of rotatable bonds is 5. The maximum atomic E-state index is 5.95. The Kier molecular flexibility index (Phi) is 4.97. The second-order valence-corrected chi connectivity index (χ2v) is 8.25. The van der Waals surface area contributed by atoms with Crippen molar-refractivity contribution in [1.82, 2.24) is 4.90 Å². The molecule has 3 aromatic carbocycles. The number of benzene rings is 3. The number of nitrogens with zero attached hydrogens (tertiary/aromatic N) is 1. The van der Waals surface area contributed by atoms with Crippen molar-refractivity contribution < 1.29 is 23.7 Å². The van der Waals surface area contributed by atoms with E-state index < -0.39 is 0 Å². The van der Waals surface area contributed by atoms with Crippen molar-refractivity contribution in [3.63, 3.8) is 0 Å². The fourth-order valence-electron chi connectivity index (χ4n) is 5.51. The van der Waals surface area contributed by atoms with Gasteiger partial charge in [0, 0.05) is 18.0 Å². The Hall–Kier alpha value is -2.86. The molecule has 1 saturated heterocycles. The van der Waals surface area contributed by atoms with Gasteiger partial charge in [-0.25, -0.2) is 0 Å². The van der Waals surface area contributed by atoms with E-state index in [2.05, 4.69) is 23.1 Å². The van der Waals surface area contributed by atoms with E-state index in [9.17, 15) is 0 Å². The lowest BCUT2D eigenvalue weighted by atomic mass is 9.84. The molecule has 0 N–H and O–H groups in total. The molecule has 2 aliphatic heterocycles. The average Bonchev–Trinajstić information content (AvgIpc) is 3.28. The number of fused-ring (bicyclic) bond motifs is 7. The lowest BCUT2D eigenvalue weighted by Gasteiger charge is -2.34. The van der Waals surface area contributed by atoms with Gasteiger partial charge in [-0.2, -0.15) is 0 Å². The van der Waals surface area contributed by atoms with E-state index in [0.29, 0.717) is 23.3 Å². The van der Waals surface area contributed by atoms with Crippen LogP contribution in [-0.4, -0.2) is 53.0 Å². The fraction of sp³-hybridized carbons (Fsp3) is 0.440. The summed E-state index contributed by atoms with van der Waals surface area (Å²) in [5.74, 6) is 3.47. The number of hydrogen-bond acceptors (Lipinski definition) is 6. The minimum absolute atomic E-state index is 0.575. The van der Waals surface area contributed by atoms with Gasteiger partial charge in [0.25, 0.3) is 0 Å². The highest BCUT2D eigenvalue weighted by atomic mass is 16.5. The van der Waals surface area contributed by atoms with E-state index in [1.165, 1.54) is 29.4 Å². The van der Waals surface area contributed by atoms with Gasteiger partial charge in [0.05, 0.1) is 35.5 Å². The van der Waals surface area contributed by atoms with Crippen LogP contribution in [0.25, 0.3) is 21.5 Å². The van der Waals surface area contributed by atoms with Gasteiger partial charge in [-0.05, 0) is 71.3 Å². The molecular formula is C25H29NO5. The third-order valence-electron chi connectivity index (χ3n) is 6.94. The molecule has 0 radical (unpaired) electrons. The highest BCUT2D eigenvalue weighted by Gasteiger charge is 2.34. The van der Waals surface area contributed by atoms with Gasteiger partial charge in [0.2, 0.25) is 5.75 Å². The molecule has 0 amide bonds. The molecule has 1 fully saturated rings. The minimum Gasteiger partial charge on any atom is -0.493 e. The molecule has 31 heavy (non-hydrogen) atoms. The Labute approximate surface area is 182 Å². The number of ether oxygens (including phenoxy) is 5. The van der Waals surface area contributed by atoms with Gasteiger partial charge < -0.3 is 23.7 Å². The number of hydrogen-bond donors (Lipinski definition) is 0. The summed E-state index contributed by atoms with van der Waals surface area (Å²) in [5, 5.41) is 4.49. The molecular weight excluding hydrogens is 394 g/mol. The van der Waals surface area contributed by atoms with Crippen molar-refractivity contribution >= 4 is 21.5 Å². The molecule has 6 nitrogen and oxygen atoms in total. The zero-order valence-corrected chi connectivity index (χ0v) is 18.8. The predicted molar refractivity (Wildman–Crippen MR) is 121 cm³/mol. The van der Waals surface area contributed by atoms with Gasteiger partial charge in [-0.1, -0.05) is 0 Å². The Morgan fingerprint density at radius 2 is 1.35 bits per heavy atom. The first-order chi connectivity index (χ1) is 15.1. The van der Waals surface area contributed by atoms with Crippen LogP contribution in [0.2, 0.25) is 0 Å². The van der Waals surface area contributed by atoms with Crippen molar-refractivity contribution in [2.45, 2.75) is 31.8 Å². The quantitative estimate of drug-likeness (QED) is 0.561. The molecule has 1 atom stereocenters. The monoisotopic (exact) mass is 423 g/mol. The van der Waals surface area contributed by atoms with Crippen molar-refractivity contribution in [3.05, 3.63) is 29.3 Å². The van der Waals surface area contributed by atoms with E-state index in [-0.39, 0.29) is 0 Å². The SMILES string of the molecule is COc1cc2c3c(c4c(OC)c(OC)c(OC)cc4c2cc1OC)CC1CCCN1C3. The predicted octanol–water partition coefficient (Wildman–Crippen LogP) is 4.56. The van der Waals surface area contributed by atoms with Crippen LogP contribution in [0.15, 0.2) is 18.2 Å². The molecule has 0 aliphatic carbocycles. The third kappa shape index (κ3) is 2.88. The van der Waals surface area contributed by atoms with Crippen LogP contribution in [0.5, 0.6) is 28.7 Å². The zero-order valence-electron chi connectivity index (χ0n) is 18.8. The first kappa shape index (κ1) is 20.1. The Morgan fingerprint density at radius 3 is 2.00 bits per heavy atom. The van der Waals surface area contributed by atoms with Gasteiger partial charge in [-0.15, -0.1) is 0 Å². The van der Waals surface area contributed by atoms with Gasteiger partial charge in [0.15, 0.2) is 23.0 Å². The summed E-state index contributed by atoms with van der Waals surface area (Å²) in [6.45, 7) is 2.08. The van der Waals surface area contributed by atoms with Crippen molar-refractivity contribution in [3.8, 4) is 28.7 Å². The summed E-state index contributed by atoms with van der Waals surface area (Å²) < 4.78 is 28.7. The van der Waals surface area contributed by atoms with Crippen LogP contribution in [-0.2, 0) is 13.0 Å². The standard InChI is InChI=1S/C25H29NO5/c1-27-20-10-15-16(11-21(20)28-2)19-13-26-8-6-7-14(26)9-17(19)23-18(15)12-22(29-3)24(30-4)25(23)31-5/h10-12,14H,6-9,13H2,1-5H3. The van der Waals surface area contributed by atoms with E-state index in [4.69, 9.17) is 23.7 Å². The van der Waals surface area contributed by atoms with Crippen molar-refractivity contribution in [2.75, 3.05) is 42.1 Å². The first-order valence-electron chi connectivity index (χ1n) is 10.7. The smallest absolute Gasteiger partial charge is 0.203 e. The average molecular weight is 424 g/mol. The third-order valence-corrected chi connectivity index (χ3v) is 6.94. The maximum absolute atomic E-state index is 5.95. The largest absolute Gasteiger partial charge is 0.493 e. The van der Waals surface area contributed by atoms with Crippen LogP contribution in [0.1, 0.15) is 24.0 Å². The topological polar surface area (TPSA) is 49.4 Å². The summed E-state index contributed by atoms with van der Waals surface area (Å²) in [6, 6.07) is 6.82. The van der Waals surface area contributed by atoms with E-state index in [1.54, 1.807) is 35.5 Å². The van der Waals surface area contributed by atoms with Crippen LogP contribution < -0.4 is 23.7 Å². The summed E-state index contributed by atoms with van der Waals surface area (Å²) in [7, 11) is 8.37. The van der Waals surface area contributed by atoms with Crippen LogP contribution in [0.3, 0.4) is 0 Å². The highest BCUT2D eigenvalue weighted by Crippen LogP contribution is 2.51. The van der Waals surface area contributed by atoms with Crippen LogP contribution in [0.4, 0.5) is 0 Å². The minimum atomic E-state index is 0.575. The second kappa shape index (κ2) is 7.68. The first-order valence-corrected chi connectivity index (χ1v) is 10.7. The maximum Gasteiger partial charge on any atom is 0.203 e. The summed E-state index contributed by atoms with van der Waals surface area (Å²) in [4.78, 5) is 2.61. The van der Waals surface area contributed by atoms with Crippen molar-refractivity contribution in [1.29, 1.82) is 0 Å². The second-order valence-electron chi connectivity index (χ2n) is 8.25. The van der Waals surface area contributed by atoms with E-state index >= 15 is 0 Å². The normalized spacial score (nSPS) is 18.0. The summed E-state index contributed by atoms with van der Waals surface area (Å²) in [5.41, 5.74) is 2.68. The zero-order chi connectivity index (χ0) is 21.7. The fourth-order valence-corrected chi connectivity index (χ4v) is 5.51. The molecule has 3 aromatic rings. The molecule has 0 bridgehead atoms. The van der Waals surface area contributed by atoms with Gasteiger partial charge in [0.1, 0.15) is 0 Å². The molecule has 5 rings (SSSR count). The Bertz CT molecular complexity index is 1170. The lowest BCUT2D eigenvalue weighted by Crippen LogP contribution is -2.35. The Balaban J connectivity index is 1.96. The van der Waals surface area contributed by atoms with Gasteiger partial charge in [-0.3, -0.25) is 4.90 Å². The van der Waals surface area contributed by atoms with Crippen molar-refractivity contribution in [2.24, 2.45) is 0 Å². The lowest BCUT2D eigenvalue weighted by molar-refractivity contribution is 0.229. The van der Waals surface area contributed by atoms with Crippen LogP contribution >= 0.6 is 0 Å². The summed E-state index contributed by atoms with van der Waals surface area (Å²) in [6.07, 6.45) is 3.49. The molecule has 2 aliphatic rings. The molecule has 0 aromatic heterocycles. The van der Waals surface area contributed by atoms with Gasteiger partial charge >= 0.3 is 0 Å². The molecule has 164 valence electrons. The highest BCUT2D eigenvalue weighted by molar-refractivity contribution is 6.15. The molecule has 1 unspecified atom stereocenters. The molecule has 6 heteroatoms. The molecule has 2 heterocycles. The van der Waals surface area contributed by atoms with E-state index in [0.717, 1.165) is 47.2 Å².